The van der Waals surface area contributed by atoms with E-state index in [9.17, 15) is 0 Å². The summed E-state index contributed by atoms with van der Waals surface area (Å²) in [5, 5.41) is 6.71. The van der Waals surface area contributed by atoms with E-state index in [1.54, 1.807) is 7.11 Å². The van der Waals surface area contributed by atoms with Crippen molar-refractivity contribution >= 4 is 35.6 Å². The van der Waals surface area contributed by atoms with E-state index in [1.807, 2.05) is 0 Å². The molecule has 7 heteroatoms. The quantitative estimate of drug-likeness (QED) is 0.329. The van der Waals surface area contributed by atoms with Crippen molar-refractivity contribution < 1.29 is 9.47 Å². The molecule has 0 spiro atoms. The number of methoxy groups -OCH3 is 1. The number of halogens is 1. The van der Waals surface area contributed by atoms with Crippen molar-refractivity contribution in [1.82, 2.24) is 10.6 Å². The van der Waals surface area contributed by atoms with Crippen molar-refractivity contribution in [2.24, 2.45) is 4.99 Å². The van der Waals surface area contributed by atoms with Gasteiger partial charge in [-0.2, -0.15) is 0 Å². The summed E-state index contributed by atoms with van der Waals surface area (Å²) in [4.78, 5) is 7.09. The van der Waals surface area contributed by atoms with E-state index in [0.717, 1.165) is 50.1 Å². The molecule has 0 aliphatic carbocycles. The SMILES string of the molecule is CCNC(=NCc1ccc(N2CCOCC2)cc1)NCc1ccc(C)cc1OC.I. The van der Waals surface area contributed by atoms with Crippen molar-refractivity contribution in [2.45, 2.75) is 26.9 Å². The highest BCUT2D eigenvalue weighted by Crippen LogP contribution is 2.20. The zero-order valence-electron chi connectivity index (χ0n) is 18.1. The first-order chi connectivity index (χ1) is 14.2. The van der Waals surface area contributed by atoms with Gasteiger partial charge in [-0.1, -0.05) is 24.3 Å². The van der Waals surface area contributed by atoms with Crippen LogP contribution in [0.5, 0.6) is 5.75 Å². The number of anilines is 1. The second-order valence-electron chi connectivity index (χ2n) is 7.13. The van der Waals surface area contributed by atoms with Crippen LogP contribution in [-0.4, -0.2) is 45.9 Å². The summed E-state index contributed by atoms with van der Waals surface area (Å²) >= 11 is 0. The molecule has 30 heavy (non-hydrogen) atoms. The molecule has 3 rings (SSSR count). The number of nitrogens with one attached hydrogen (secondary N) is 2. The zero-order chi connectivity index (χ0) is 20.5. The molecule has 2 aromatic carbocycles. The fraction of sp³-hybridized carbons (Fsp3) is 0.435. The maximum Gasteiger partial charge on any atom is 0.191 e. The monoisotopic (exact) mass is 524 g/mol. The highest BCUT2D eigenvalue weighted by molar-refractivity contribution is 14.0. The van der Waals surface area contributed by atoms with Gasteiger partial charge >= 0.3 is 0 Å². The molecule has 0 radical (unpaired) electrons. The van der Waals surface area contributed by atoms with Crippen LogP contribution < -0.4 is 20.3 Å². The van der Waals surface area contributed by atoms with E-state index in [1.165, 1.54) is 16.8 Å². The molecule has 0 atom stereocenters. The van der Waals surface area contributed by atoms with Gasteiger partial charge in [-0.05, 0) is 43.2 Å². The highest BCUT2D eigenvalue weighted by Gasteiger charge is 2.10. The first-order valence-electron chi connectivity index (χ1n) is 10.3. The minimum atomic E-state index is 0. The molecule has 164 valence electrons. The summed E-state index contributed by atoms with van der Waals surface area (Å²) in [5.41, 5.74) is 4.73. The predicted octanol–water partition coefficient (Wildman–Crippen LogP) is 3.71. The number of aliphatic imine (C=N–C) groups is 1. The Hall–Kier alpha value is -2.00. The maximum atomic E-state index is 5.50. The molecule has 2 N–H and O–H groups in total. The lowest BCUT2D eigenvalue weighted by molar-refractivity contribution is 0.122. The largest absolute Gasteiger partial charge is 0.496 e. The van der Waals surface area contributed by atoms with E-state index in [2.05, 4.69) is 71.8 Å². The lowest BCUT2D eigenvalue weighted by atomic mass is 10.1. The van der Waals surface area contributed by atoms with Crippen LogP contribution in [0.15, 0.2) is 47.5 Å². The van der Waals surface area contributed by atoms with Gasteiger partial charge < -0.3 is 25.0 Å². The Bertz CT molecular complexity index is 805. The van der Waals surface area contributed by atoms with Crippen molar-refractivity contribution in [3.8, 4) is 5.75 Å². The van der Waals surface area contributed by atoms with Crippen LogP contribution in [0, 0.1) is 6.92 Å². The Kier molecular flexibility index (Phi) is 10.2. The van der Waals surface area contributed by atoms with E-state index in [4.69, 9.17) is 14.5 Å². The second-order valence-corrected chi connectivity index (χ2v) is 7.13. The molecular formula is C23H33IN4O2. The van der Waals surface area contributed by atoms with Gasteiger partial charge in [-0.3, -0.25) is 0 Å². The molecular weight excluding hydrogens is 491 g/mol. The van der Waals surface area contributed by atoms with E-state index < -0.39 is 0 Å². The van der Waals surface area contributed by atoms with Gasteiger partial charge in [0.25, 0.3) is 0 Å². The average molecular weight is 524 g/mol. The van der Waals surface area contributed by atoms with Crippen LogP contribution in [0.1, 0.15) is 23.6 Å². The minimum Gasteiger partial charge on any atom is -0.496 e. The van der Waals surface area contributed by atoms with Gasteiger partial charge in [0.05, 0.1) is 26.9 Å². The first-order valence-corrected chi connectivity index (χ1v) is 10.3. The van der Waals surface area contributed by atoms with E-state index in [0.29, 0.717) is 13.1 Å². The third-order valence-electron chi connectivity index (χ3n) is 4.97. The predicted molar refractivity (Wildman–Crippen MR) is 134 cm³/mol. The molecule has 0 aromatic heterocycles. The Morgan fingerprint density at radius 3 is 2.50 bits per heavy atom. The lowest BCUT2D eigenvalue weighted by Crippen LogP contribution is -2.36. The molecule has 1 aliphatic heterocycles. The molecule has 6 nitrogen and oxygen atoms in total. The van der Waals surface area contributed by atoms with Crippen molar-refractivity contribution in [2.75, 3.05) is 44.9 Å². The van der Waals surface area contributed by atoms with Gasteiger partial charge in [0.15, 0.2) is 5.96 Å². The van der Waals surface area contributed by atoms with Gasteiger partial charge in [0, 0.05) is 37.4 Å². The number of aryl methyl sites for hydroxylation is 1. The van der Waals surface area contributed by atoms with Gasteiger partial charge in [0.1, 0.15) is 5.75 Å². The highest BCUT2D eigenvalue weighted by atomic mass is 127. The molecule has 2 aromatic rings. The number of ether oxygens (including phenoxy) is 2. The summed E-state index contributed by atoms with van der Waals surface area (Å²) < 4.78 is 10.9. The third-order valence-corrected chi connectivity index (χ3v) is 4.97. The van der Waals surface area contributed by atoms with Crippen LogP contribution in [0.4, 0.5) is 5.69 Å². The zero-order valence-corrected chi connectivity index (χ0v) is 20.4. The molecule has 1 aliphatic rings. The number of hydrogen-bond acceptors (Lipinski definition) is 4. The Labute approximate surface area is 197 Å². The summed E-state index contributed by atoms with van der Waals surface area (Å²) in [6.07, 6.45) is 0. The molecule has 1 heterocycles. The summed E-state index contributed by atoms with van der Waals surface area (Å²) in [7, 11) is 1.71. The Morgan fingerprint density at radius 1 is 1.10 bits per heavy atom. The fourth-order valence-corrected chi connectivity index (χ4v) is 3.32. The number of guanidine groups is 1. The number of morpholine rings is 1. The Morgan fingerprint density at radius 2 is 1.83 bits per heavy atom. The lowest BCUT2D eigenvalue weighted by Gasteiger charge is -2.28. The molecule has 0 unspecified atom stereocenters. The van der Waals surface area contributed by atoms with Crippen LogP contribution in [-0.2, 0) is 17.8 Å². The molecule has 0 saturated carbocycles. The van der Waals surface area contributed by atoms with Crippen LogP contribution in [0.3, 0.4) is 0 Å². The van der Waals surface area contributed by atoms with Gasteiger partial charge in [0.2, 0.25) is 0 Å². The number of rotatable bonds is 7. The van der Waals surface area contributed by atoms with E-state index >= 15 is 0 Å². The van der Waals surface area contributed by atoms with E-state index in [-0.39, 0.29) is 24.0 Å². The third kappa shape index (κ3) is 7.05. The van der Waals surface area contributed by atoms with Crippen LogP contribution in [0.2, 0.25) is 0 Å². The molecule has 1 saturated heterocycles. The summed E-state index contributed by atoms with van der Waals surface area (Å²) in [6, 6.07) is 14.9. The maximum absolute atomic E-state index is 5.50. The summed E-state index contributed by atoms with van der Waals surface area (Å²) in [5.74, 6) is 1.69. The molecule has 0 bridgehead atoms. The summed E-state index contributed by atoms with van der Waals surface area (Å²) in [6.45, 7) is 9.74. The normalized spacial score (nSPS) is 14.1. The topological polar surface area (TPSA) is 58.1 Å². The van der Waals surface area contributed by atoms with Gasteiger partial charge in [-0.15, -0.1) is 24.0 Å². The fourth-order valence-electron chi connectivity index (χ4n) is 3.32. The van der Waals surface area contributed by atoms with Crippen molar-refractivity contribution in [3.05, 3.63) is 59.2 Å². The van der Waals surface area contributed by atoms with Crippen LogP contribution >= 0.6 is 24.0 Å². The Balaban J connectivity index is 0.00000320. The number of nitrogens with zero attached hydrogens (tertiary/aromatic N) is 2. The van der Waals surface area contributed by atoms with Gasteiger partial charge in [-0.25, -0.2) is 4.99 Å². The molecule has 1 fully saturated rings. The first kappa shape index (κ1) is 24.3. The smallest absolute Gasteiger partial charge is 0.191 e. The van der Waals surface area contributed by atoms with Crippen molar-refractivity contribution in [1.29, 1.82) is 0 Å². The van der Waals surface area contributed by atoms with Crippen LogP contribution in [0.25, 0.3) is 0 Å². The number of hydrogen-bond donors (Lipinski definition) is 2. The van der Waals surface area contributed by atoms with Crippen molar-refractivity contribution in [3.63, 3.8) is 0 Å². The standard InChI is InChI=1S/C23H32N4O2.HI/c1-4-24-23(26-17-20-8-5-18(2)15-22(20)28-3)25-16-19-6-9-21(10-7-19)27-11-13-29-14-12-27;/h5-10,15H,4,11-14,16-17H2,1-3H3,(H2,24,25,26);1H. The minimum absolute atomic E-state index is 0. The average Bonchev–Trinajstić information content (AvgIpc) is 2.77. The molecule has 0 amide bonds. The second kappa shape index (κ2) is 12.6. The number of benzene rings is 2.